The molecule has 0 saturated carbocycles. The first kappa shape index (κ1) is 13.8. The van der Waals surface area contributed by atoms with Crippen molar-refractivity contribution in [2.24, 2.45) is 10.9 Å². The van der Waals surface area contributed by atoms with Crippen molar-refractivity contribution in [1.82, 2.24) is 9.97 Å². The van der Waals surface area contributed by atoms with Crippen LogP contribution in [0, 0.1) is 6.92 Å². The van der Waals surface area contributed by atoms with E-state index >= 15 is 0 Å². The van der Waals surface area contributed by atoms with E-state index in [1.807, 2.05) is 37.3 Å². The van der Waals surface area contributed by atoms with Crippen molar-refractivity contribution >= 4 is 5.84 Å². The van der Waals surface area contributed by atoms with Crippen LogP contribution in [-0.2, 0) is 0 Å². The van der Waals surface area contributed by atoms with Crippen molar-refractivity contribution in [3.8, 4) is 6.01 Å². The number of hydrogen-bond acceptors (Lipinski definition) is 5. The summed E-state index contributed by atoms with van der Waals surface area (Å²) < 4.78 is 5.70. The van der Waals surface area contributed by atoms with Gasteiger partial charge in [0.25, 0.3) is 0 Å². The molecule has 1 aromatic heterocycles. The molecule has 104 valence electrons. The lowest BCUT2D eigenvalue weighted by Crippen LogP contribution is -2.17. The Kier molecular flexibility index (Phi) is 4.14. The van der Waals surface area contributed by atoms with Crippen LogP contribution in [0.15, 0.2) is 41.6 Å². The molecule has 1 aromatic carbocycles. The topological polar surface area (TPSA) is 93.6 Å². The lowest BCUT2D eigenvalue weighted by Gasteiger charge is -2.14. The molecule has 3 N–H and O–H groups in total. The maximum Gasteiger partial charge on any atom is 0.317 e. The lowest BCUT2D eigenvalue weighted by molar-refractivity contribution is 0.206. The second kappa shape index (κ2) is 6.01. The lowest BCUT2D eigenvalue weighted by atomic mass is 10.1. The summed E-state index contributed by atoms with van der Waals surface area (Å²) in [6, 6.07) is 11.6. The summed E-state index contributed by atoms with van der Waals surface area (Å²) in [5, 5.41) is 11.6. The highest BCUT2D eigenvalue weighted by Crippen LogP contribution is 2.18. The van der Waals surface area contributed by atoms with Gasteiger partial charge in [-0.15, -0.1) is 0 Å². The standard InChI is InChI=1S/C14H16N4O2/c1-9-8-12(13(15)18-19)17-14(16-9)20-10(2)11-6-4-3-5-7-11/h3-8,10,19H,1-2H3,(H2,15,18). The van der Waals surface area contributed by atoms with Crippen molar-refractivity contribution < 1.29 is 9.94 Å². The van der Waals surface area contributed by atoms with E-state index in [0.29, 0.717) is 11.4 Å². The summed E-state index contributed by atoms with van der Waals surface area (Å²) in [6.07, 6.45) is -0.196. The van der Waals surface area contributed by atoms with Gasteiger partial charge in [0, 0.05) is 5.69 Å². The van der Waals surface area contributed by atoms with Gasteiger partial charge in [0.15, 0.2) is 5.84 Å². The third-order valence-electron chi connectivity index (χ3n) is 2.76. The van der Waals surface area contributed by atoms with Gasteiger partial charge in [0.2, 0.25) is 0 Å². The molecule has 0 aliphatic rings. The molecule has 1 atom stereocenters. The Morgan fingerprint density at radius 1 is 1.30 bits per heavy atom. The van der Waals surface area contributed by atoms with Gasteiger partial charge in [0.1, 0.15) is 11.8 Å². The Morgan fingerprint density at radius 3 is 2.65 bits per heavy atom. The molecule has 0 saturated heterocycles. The van der Waals surface area contributed by atoms with Gasteiger partial charge < -0.3 is 15.7 Å². The highest BCUT2D eigenvalue weighted by Gasteiger charge is 2.11. The highest BCUT2D eigenvalue weighted by atomic mass is 16.5. The Bertz CT molecular complexity index is 614. The molecular weight excluding hydrogens is 256 g/mol. The third kappa shape index (κ3) is 3.23. The Hall–Kier alpha value is -2.63. The first-order valence-electron chi connectivity index (χ1n) is 6.15. The second-order valence-corrected chi connectivity index (χ2v) is 4.33. The number of aryl methyl sites for hydroxylation is 1. The van der Waals surface area contributed by atoms with Gasteiger partial charge in [0.05, 0.1) is 0 Å². The average Bonchev–Trinajstić information content (AvgIpc) is 2.46. The number of oxime groups is 1. The van der Waals surface area contributed by atoms with Crippen LogP contribution >= 0.6 is 0 Å². The number of rotatable bonds is 4. The van der Waals surface area contributed by atoms with Gasteiger partial charge in [-0.1, -0.05) is 35.5 Å². The zero-order chi connectivity index (χ0) is 14.5. The SMILES string of the molecule is Cc1cc(/C(N)=N/O)nc(OC(C)c2ccccc2)n1. The minimum Gasteiger partial charge on any atom is -0.456 e. The average molecular weight is 272 g/mol. The quantitative estimate of drug-likeness (QED) is 0.384. The summed E-state index contributed by atoms with van der Waals surface area (Å²) in [4.78, 5) is 8.31. The maximum atomic E-state index is 8.69. The molecule has 1 heterocycles. The number of nitrogens with two attached hydrogens (primary N) is 1. The van der Waals surface area contributed by atoms with Crippen molar-refractivity contribution in [1.29, 1.82) is 0 Å². The number of ether oxygens (including phenoxy) is 1. The van der Waals surface area contributed by atoms with E-state index in [1.54, 1.807) is 13.0 Å². The largest absolute Gasteiger partial charge is 0.456 e. The molecule has 0 bridgehead atoms. The highest BCUT2D eigenvalue weighted by molar-refractivity contribution is 5.95. The van der Waals surface area contributed by atoms with Crippen molar-refractivity contribution in [2.75, 3.05) is 0 Å². The first-order chi connectivity index (χ1) is 9.60. The summed E-state index contributed by atoms with van der Waals surface area (Å²) in [7, 11) is 0. The predicted octanol–water partition coefficient (Wildman–Crippen LogP) is 2.02. The molecule has 6 heteroatoms. The van der Waals surface area contributed by atoms with E-state index in [0.717, 1.165) is 5.56 Å². The second-order valence-electron chi connectivity index (χ2n) is 4.33. The van der Waals surface area contributed by atoms with E-state index < -0.39 is 0 Å². The predicted molar refractivity (Wildman–Crippen MR) is 74.8 cm³/mol. The van der Waals surface area contributed by atoms with Crippen LogP contribution in [0.25, 0.3) is 0 Å². The van der Waals surface area contributed by atoms with Crippen molar-refractivity contribution in [3.05, 3.63) is 53.3 Å². The molecule has 0 amide bonds. The van der Waals surface area contributed by atoms with Crippen LogP contribution in [0.4, 0.5) is 0 Å². The van der Waals surface area contributed by atoms with Gasteiger partial charge in [-0.2, -0.15) is 4.98 Å². The van der Waals surface area contributed by atoms with Gasteiger partial charge >= 0.3 is 6.01 Å². The molecule has 20 heavy (non-hydrogen) atoms. The summed E-state index contributed by atoms with van der Waals surface area (Å²) >= 11 is 0. The number of nitrogens with zero attached hydrogens (tertiary/aromatic N) is 3. The normalized spacial score (nSPS) is 13.0. The fourth-order valence-electron chi connectivity index (χ4n) is 1.73. The zero-order valence-corrected chi connectivity index (χ0v) is 11.3. The third-order valence-corrected chi connectivity index (χ3v) is 2.76. The van der Waals surface area contributed by atoms with Crippen LogP contribution < -0.4 is 10.5 Å². The molecule has 0 spiro atoms. The number of amidine groups is 1. The zero-order valence-electron chi connectivity index (χ0n) is 11.3. The van der Waals surface area contributed by atoms with E-state index in [-0.39, 0.29) is 18.0 Å². The summed E-state index contributed by atoms with van der Waals surface area (Å²) in [6.45, 7) is 3.69. The van der Waals surface area contributed by atoms with Crippen LogP contribution in [0.1, 0.15) is 30.0 Å². The molecule has 2 aromatic rings. The molecule has 1 unspecified atom stereocenters. The van der Waals surface area contributed by atoms with Crippen LogP contribution in [0.2, 0.25) is 0 Å². The van der Waals surface area contributed by atoms with E-state index in [4.69, 9.17) is 15.7 Å². The van der Waals surface area contributed by atoms with Gasteiger partial charge in [-0.05, 0) is 25.5 Å². The Morgan fingerprint density at radius 2 is 2.00 bits per heavy atom. The molecule has 0 aliphatic carbocycles. The Labute approximate surface area is 116 Å². The maximum absolute atomic E-state index is 8.69. The van der Waals surface area contributed by atoms with E-state index in [1.165, 1.54) is 0 Å². The van der Waals surface area contributed by atoms with Gasteiger partial charge in [-0.3, -0.25) is 0 Å². The van der Waals surface area contributed by atoms with Crippen LogP contribution in [0.5, 0.6) is 6.01 Å². The van der Waals surface area contributed by atoms with Crippen molar-refractivity contribution in [2.45, 2.75) is 20.0 Å². The molecular formula is C14H16N4O2. The van der Waals surface area contributed by atoms with Crippen molar-refractivity contribution in [3.63, 3.8) is 0 Å². The minimum absolute atomic E-state index is 0.0762. The first-order valence-corrected chi connectivity index (χ1v) is 6.15. The van der Waals surface area contributed by atoms with Gasteiger partial charge in [-0.25, -0.2) is 4.98 Å². The van der Waals surface area contributed by atoms with E-state index in [9.17, 15) is 0 Å². The molecule has 0 fully saturated rings. The molecule has 2 rings (SSSR count). The summed E-state index contributed by atoms with van der Waals surface area (Å²) in [5.74, 6) is -0.0762. The smallest absolute Gasteiger partial charge is 0.317 e. The molecule has 6 nitrogen and oxygen atoms in total. The molecule has 0 radical (unpaired) electrons. The monoisotopic (exact) mass is 272 g/mol. The number of aromatic nitrogens is 2. The number of benzene rings is 1. The number of hydrogen-bond donors (Lipinski definition) is 2. The fraction of sp³-hybridized carbons (Fsp3) is 0.214. The fourth-order valence-corrected chi connectivity index (χ4v) is 1.73. The summed E-state index contributed by atoms with van der Waals surface area (Å²) in [5.41, 5.74) is 7.55. The Balaban J connectivity index is 2.23. The van der Waals surface area contributed by atoms with Crippen LogP contribution in [0.3, 0.4) is 0 Å². The molecule has 0 aliphatic heterocycles. The van der Waals surface area contributed by atoms with Crippen LogP contribution in [-0.4, -0.2) is 21.0 Å². The van der Waals surface area contributed by atoms with E-state index in [2.05, 4.69) is 15.1 Å². The minimum atomic E-state index is -0.196.